The minimum absolute atomic E-state index is 0.0833. The van der Waals surface area contributed by atoms with Gasteiger partial charge in [0.05, 0.1) is 6.61 Å². The number of carboxylic acid groups (broad SMARTS) is 1. The van der Waals surface area contributed by atoms with E-state index in [-0.39, 0.29) is 6.42 Å². The molecule has 1 aliphatic heterocycles. The van der Waals surface area contributed by atoms with Gasteiger partial charge in [0.15, 0.2) is 5.90 Å². The summed E-state index contributed by atoms with van der Waals surface area (Å²) in [7, 11) is 0. The molecule has 1 aliphatic rings. The van der Waals surface area contributed by atoms with Crippen molar-refractivity contribution in [1.82, 2.24) is 0 Å². The van der Waals surface area contributed by atoms with E-state index < -0.39 is 5.97 Å². The molecule has 1 heterocycles. The van der Waals surface area contributed by atoms with E-state index in [1.807, 2.05) is 0 Å². The van der Waals surface area contributed by atoms with E-state index in [1.165, 1.54) is 0 Å². The van der Waals surface area contributed by atoms with Crippen LogP contribution in [0.15, 0.2) is 4.99 Å². The Morgan fingerprint density at radius 2 is 2.60 bits per heavy atom. The number of hydrogen-bond donors (Lipinski definition) is 1. The zero-order valence-electron chi connectivity index (χ0n) is 5.54. The smallest absolute Gasteiger partial charge is 0.312 e. The molecule has 0 saturated carbocycles. The molecule has 1 N–H and O–H groups in total. The Bertz CT molecular complexity index is 164. The van der Waals surface area contributed by atoms with Crippen molar-refractivity contribution in [3.63, 3.8) is 0 Å². The first-order valence-corrected chi connectivity index (χ1v) is 3.17. The van der Waals surface area contributed by atoms with Crippen LogP contribution in [0.2, 0.25) is 0 Å². The summed E-state index contributed by atoms with van der Waals surface area (Å²) in [4.78, 5) is 14.0. The molecule has 1 rings (SSSR count). The molecule has 4 heteroatoms. The van der Waals surface area contributed by atoms with Crippen LogP contribution in [0, 0.1) is 0 Å². The quantitative estimate of drug-likeness (QED) is 0.604. The van der Waals surface area contributed by atoms with Crippen molar-refractivity contribution in [1.29, 1.82) is 0 Å². The maximum Gasteiger partial charge on any atom is 0.312 e. The predicted octanol–water partition coefficient (Wildman–Crippen LogP) is 0.280. The second kappa shape index (κ2) is 3.20. The highest BCUT2D eigenvalue weighted by Gasteiger charge is 2.09. The number of aliphatic imine (C=N–C) groups is 1. The van der Waals surface area contributed by atoms with Crippen LogP contribution < -0.4 is 0 Å². The molecule has 0 aliphatic carbocycles. The maximum atomic E-state index is 10.1. The van der Waals surface area contributed by atoms with Gasteiger partial charge < -0.3 is 9.84 Å². The number of hydrogen-bond acceptors (Lipinski definition) is 3. The largest absolute Gasteiger partial charge is 0.481 e. The Labute approximate surface area is 58.5 Å². The molecule has 0 atom stereocenters. The molecule has 0 amide bonds. The Balaban J connectivity index is 2.38. The Hall–Kier alpha value is -1.06. The van der Waals surface area contributed by atoms with Crippen molar-refractivity contribution in [3.05, 3.63) is 0 Å². The van der Waals surface area contributed by atoms with E-state index in [1.54, 1.807) is 0 Å². The van der Waals surface area contributed by atoms with Crippen LogP contribution in [0.4, 0.5) is 0 Å². The lowest BCUT2D eigenvalue weighted by Gasteiger charge is -2.11. The van der Waals surface area contributed by atoms with Gasteiger partial charge in [0, 0.05) is 13.0 Å². The number of carboxylic acids is 1. The average Bonchev–Trinajstić information content (AvgIpc) is 1.88. The van der Waals surface area contributed by atoms with Crippen molar-refractivity contribution < 1.29 is 14.6 Å². The molecule has 0 unspecified atom stereocenters. The Morgan fingerprint density at radius 3 is 3.10 bits per heavy atom. The average molecular weight is 143 g/mol. The number of ether oxygens (including phenoxy) is 1. The molecular formula is C6H9NO3. The number of carbonyl (C=O) groups is 1. The molecule has 0 radical (unpaired) electrons. The van der Waals surface area contributed by atoms with Crippen LogP contribution >= 0.6 is 0 Å². The zero-order valence-corrected chi connectivity index (χ0v) is 5.54. The highest BCUT2D eigenvalue weighted by molar-refractivity contribution is 5.93. The normalized spacial score (nSPS) is 17.4. The first-order chi connectivity index (χ1) is 4.79. The predicted molar refractivity (Wildman–Crippen MR) is 35.1 cm³/mol. The molecule has 56 valence electrons. The number of aliphatic carboxylic acids is 1. The third-order valence-corrected chi connectivity index (χ3v) is 1.16. The molecule has 0 aromatic carbocycles. The highest BCUT2D eigenvalue weighted by atomic mass is 16.5. The summed E-state index contributed by atoms with van der Waals surface area (Å²) in [6, 6.07) is 0. The van der Waals surface area contributed by atoms with Crippen LogP contribution in [0.5, 0.6) is 0 Å². The molecule has 4 nitrogen and oxygen atoms in total. The molecule has 0 bridgehead atoms. The van der Waals surface area contributed by atoms with Gasteiger partial charge in [0.25, 0.3) is 0 Å². The van der Waals surface area contributed by atoms with E-state index in [4.69, 9.17) is 9.84 Å². The van der Waals surface area contributed by atoms with Gasteiger partial charge in [0.1, 0.15) is 6.42 Å². The van der Waals surface area contributed by atoms with Crippen LogP contribution in [-0.2, 0) is 9.53 Å². The van der Waals surface area contributed by atoms with Gasteiger partial charge in [0.2, 0.25) is 0 Å². The van der Waals surface area contributed by atoms with E-state index in [2.05, 4.69) is 4.99 Å². The fourth-order valence-corrected chi connectivity index (χ4v) is 0.740. The number of rotatable bonds is 2. The summed E-state index contributed by atoms with van der Waals surface area (Å²) >= 11 is 0. The first-order valence-electron chi connectivity index (χ1n) is 3.17. The zero-order chi connectivity index (χ0) is 7.40. The molecule has 0 aromatic rings. The van der Waals surface area contributed by atoms with Crippen molar-refractivity contribution in [2.24, 2.45) is 4.99 Å². The molecule has 0 fully saturated rings. The van der Waals surface area contributed by atoms with Crippen LogP contribution in [0.25, 0.3) is 0 Å². The molecule has 0 spiro atoms. The van der Waals surface area contributed by atoms with Gasteiger partial charge in [-0.05, 0) is 0 Å². The number of nitrogens with zero attached hydrogens (tertiary/aromatic N) is 1. The van der Waals surface area contributed by atoms with Gasteiger partial charge in [-0.3, -0.25) is 9.79 Å². The lowest BCUT2D eigenvalue weighted by Crippen LogP contribution is -2.16. The topological polar surface area (TPSA) is 58.9 Å². The standard InChI is InChI=1S/C6H9NO3/c8-6(9)4-5-7-2-1-3-10-5/h1-4H2,(H,8,9). The third kappa shape index (κ3) is 2.05. The summed E-state index contributed by atoms with van der Waals surface area (Å²) < 4.78 is 4.96. The molecule has 10 heavy (non-hydrogen) atoms. The van der Waals surface area contributed by atoms with Gasteiger partial charge in [-0.1, -0.05) is 0 Å². The molecular weight excluding hydrogens is 134 g/mol. The van der Waals surface area contributed by atoms with Gasteiger partial charge in [-0.2, -0.15) is 0 Å². The second-order valence-corrected chi connectivity index (χ2v) is 2.05. The minimum Gasteiger partial charge on any atom is -0.481 e. The maximum absolute atomic E-state index is 10.1. The van der Waals surface area contributed by atoms with Crippen LogP contribution in [0.3, 0.4) is 0 Å². The van der Waals surface area contributed by atoms with Gasteiger partial charge in [-0.15, -0.1) is 0 Å². The van der Waals surface area contributed by atoms with E-state index in [0.29, 0.717) is 19.0 Å². The van der Waals surface area contributed by atoms with Crippen LogP contribution in [0.1, 0.15) is 12.8 Å². The fourth-order valence-electron chi connectivity index (χ4n) is 0.740. The summed E-state index contributed by atoms with van der Waals surface area (Å²) in [5.41, 5.74) is 0. The van der Waals surface area contributed by atoms with Crippen molar-refractivity contribution >= 4 is 11.9 Å². The SMILES string of the molecule is O=C(O)CC1=NCCCO1. The lowest BCUT2D eigenvalue weighted by atomic mass is 10.3. The van der Waals surface area contributed by atoms with Crippen molar-refractivity contribution in [2.75, 3.05) is 13.2 Å². The summed E-state index contributed by atoms with van der Waals surface area (Å²) in [5.74, 6) is -0.528. The Morgan fingerprint density at radius 1 is 1.80 bits per heavy atom. The second-order valence-electron chi connectivity index (χ2n) is 2.05. The summed E-state index contributed by atoms with van der Waals surface area (Å²) in [5, 5.41) is 8.30. The van der Waals surface area contributed by atoms with Crippen molar-refractivity contribution in [2.45, 2.75) is 12.8 Å². The minimum atomic E-state index is -0.888. The van der Waals surface area contributed by atoms with Gasteiger partial charge >= 0.3 is 5.97 Å². The van der Waals surface area contributed by atoms with E-state index in [9.17, 15) is 4.79 Å². The Kier molecular flexibility index (Phi) is 2.25. The molecule has 0 aromatic heterocycles. The summed E-state index contributed by atoms with van der Waals surface area (Å²) in [6.45, 7) is 1.30. The van der Waals surface area contributed by atoms with Crippen molar-refractivity contribution in [3.8, 4) is 0 Å². The van der Waals surface area contributed by atoms with Crippen LogP contribution in [-0.4, -0.2) is 30.1 Å². The van der Waals surface area contributed by atoms with E-state index >= 15 is 0 Å². The first kappa shape index (κ1) is 7.05. The van der Waals surface area contributed by atoms with E-state index in [0.717, 1.165) is 6.42 Å². The summed E-state index contributed by atoms with van der Waals surface area (Å²) in [6.07, 6.45) is 0.809. The molecule has 0 saturated heterocycles. The fraction of sp³-hybridized carbons (Fsp3) is 0.667. The third-order valence-electron chi connectivity index (χ3n) is 1.16. The van der Waals surface area contributed by atoms with Gasteiger partial charge in [-0.25, -0.2) is 0 Å². The monoisotopic (exact) mass is 143 g/mol. The highest BCUT2D eigenvalue weighted by Crippen LogP contribution is 1.99. The lowest BCUT2D eigenvalue weighted by molar-refractivity contribution is -0.135.